The van der Waals surface area contributed by atoms with E-state index in [4.69, 9.17) is 20.2 Å². The standard InChI is InChI=1S/C49H61N11O7S/c1-29-43(68-28-54-29)31-14-12-30(13-15-31)24-51-46(63)39-22-32(61)25-60(39)48(65)44(49(2,3)4)58-41(62)26-67-21-20-66-19-18-59-17-16-33-35(10-7-11-38(33)59)56-45-42-37(52-27-53-47(42)64)23-40(57-45)55-36-9-6-5-8-34(36)50/h7,10-17,23,27-28,32,34,36,39,44,61H,5-6,8-9,18-22,24-26,50H2,1-4H3,(H,51,63)(H,58,62)(H,52,53,64)(H2,55,56,57)/t32-,34+,36-,39+,44?/m1/s1. The van der Waals surface area contributed by atoms with Gasteiger partial charge in [-0.25, -0.2) is 15.0 Å². The fourth-order valence-electron chi connectivity index (χ4n) is 8.97. The molecule has 6 aromatic rings. The van der Waals surface area contributed by atoms with Crippen LogP contribution in [0.5, 0.6) is 0 Å². The Labute approximate surface area is 398 Å². The van der Waals surface area contributed by atoms with E-state index in [0.29, 0.717) is 35.7 Å². The van der Waals surface area contributed by atoms with E-state index in [9.17, 15) is 24.3 Å². The number of anilines is 3. The summed E-state index contributed by atoms with van der Waals surface area (Å²) < 4.78 is 13.6. The van der Waals surface area contributed by atoms with E-state index in [1.165, 1.54) is 11.2 Å². The minimum absolute atomic E-state index is 0.0171. The molecule has 1 aliphatic heterocycles. The maximum atomic E-state index is 14.0. The number of nitrogens with two attached hydrogens (primary N) is 1. The van der Waals surface area contributed by atoms with Crippen LogP contribution in [0.1, 0.15) is 64.1 Å². The lowest BCUT2D eigenvalue weighted by molar-refractivity contribution is -0.144. The molecule has 8 rings (SSSR count). The number of carbonyl (C=O) groups excluding carboxylic acids is 3. The molecular formula is C49H61N11O7S. The van der Waals surface area contributed by atoms with E-state index in [1.807, 2.05) is 87.9 Å². The number of pyridine rings is 1. The lowest BCUT2D eigenvalue weighted by atomic mass is 9.85. The molecule has 0 bridgehead atoms. The van der Waals surface area contributed by atoms with Crippen molar-refractivity contribution in [2.75, 3.05) is 43.6 Å². The first kappa shape index (κ1) is 48.2. The minimum atomic E-state index is -0.978. The summed E-state index contributed by atoms with van der Waals surface area (Å²) in [6, 6.07) is 15.8. The second-order valence-corrected chi connectivity index (χ2v) is 19.5. The second kappa shape index (κ2) is 21.4. The van der Waals surface area contributed by atoms with Gasteiger partial charge in [0.2, 0.25) is 17.7 Å². The van der Waals surface area contributed by atoms with Gasteiger partial charge >= 0.3 is 0 Å². The Morgan fingerprint density at radius 2 is 1.82 bits per heavy atom. The lowest BCUT2D eigenvalue weighted by Gasteiger charge is -2.35. The molecule has 1 unspecified atom stereocenters. The molecule has 5 heterocycles. The molecular weight excluding hydrogens is 887 g/mol. The number of fused-ring (bicyclic) bond motifs is 2. The Kier molecular flexibility index (Phi) is 15.1. The van der Waals surface area contributed by atoms with E-state index >= 15 is 0 Å². The molecule has 2 aromatic carbocycles. The summed E-state index contributed by atoms with van der Waals surface area (Å²) in [5.74, 6) is -0.322. The molecule has 360 valence electrons. The van der Waals surface area contributed by atoms with Crippen LogP contribution in [0.25, 0.3) is 32.2 Å². The number of nitrogens with zero attached hydrogens (tertiary/aromatic N) is 5. The molecule has 1 aliphatic carbocycles. The third kappa shape index (κ3) is 11.4. The molecule has 1 saturated carbocycles. The van der Waals surface area contributed by atoms with Gasteiger partial charge in [0.05, 0.1) is 59.4 Å². The Hall–Kier alpha value is -6.25. The number of aliphatic hydroxyl groups excluding tert-OH is 1. The largest absolute Gasteiger partial charge is 0.391 e. The van der Waals surface area contributed by atoms with Crippen molar-refractivity contribution < 1.29 is 29.0 Å². The van der Waals surface area contributed by atoms with Crippen molar-refractivity contribution in [3.05, 3.63) is 94.2 Å². The van der Waals surface area contributed by atoms with E-state index in [-0.39, 0.29) is 62.9 Å². The van der Waals surface area contributed by atoms with Gasteiger partial charge in [0.15, 0.2) is 0 Å². The highest BCUT2D eigenvalue weighted by Crippen LogP contribution is 2.32. The number of rotatable bonds is 18. The second-order valence-electron chi connectivity index (χ2n) is 18.7. The van der Waals surface area contributed by atoms with Crippen LogP contribution in [-0.2, 0) is 36.9 Å². The van der Waals surface area contributed by atoms with Crippen LogP contribution in [0.4, 0.5) is 17.3 Å². The molecule has 2 aliphatic rings. The van der Waals surface area contributed by atoms with E-state index in [0.717, 1.165) is 64.0 Å². The van der Waals surface area contributed by atoms with Gasteiger partial charge in [-0.2, -0.15) is 0 Å². The van der Waals surface area contributed by atoms with Crippen molar-refractivity contribution in [1.29, 1.82) is 0 Å². The fourth-order valence-corrected chi connectivity index (χ4v) is 9.78. The first-order chi connectivity index (χ1) is 32.7. The first-order valence-electron chi connectivity index (χ1n) is 23.2. The number of likely N-dealkylation sites (tertiary alicyclic amines) is 1. The average molecular weight is 948 g/mol. The number of nitrogens with one attached hydrogen (secondary N) is 5. The summed E-state index contributed by atoms with van der Waals surface area (Å²) in [6.07, 6.45) is 6.66. The molecule has 2 fully saturated rings. The summed E-state index contributed by atoms with van der Waals surface area (Å²) in [6.45, 7) is 8.69. The lowest BCUT2D eigenvalue weighted by Crippen LogP contribution is -2.58. The highest BCUT2D eigenvalue weighted by atomic mass is 32.1. The third-order valence-electron chi connectivity index (χ3n) is 12.6. The van der Waals surface area contributed by atoms with Gasteiger partial charge < -0.3 is 56.0 Å². The molecule has 0 spiro atoms. The van der Waals surface area contributed by atoms with Crippen LogP contribution in [0.15, 0.2) is 77.4 Å². The van der Waals surface area contributed by atoms with Crippen molar-refractivity contribution in [3.8, 4) is 10.4 Å². The van der Waals surface area contributed by atoms with Gasteiger partial charge in [0, 0.05) is 61.5 Å². The molecule has 4 aromatic heterocycles. The van der Waals surface area contributed by atoms with Crippen LogP contribution >= 0.6 is 11.3 Å². The molecule has 19 heteroatoms. The quantitative estimate of drug-likeness (QED) is 0.0564. The average Bonchev–Trinajstić information content (AvgIpc) is 4.06. The smallest absolute Gasteiger partial charge is 0.262 e. The van der Waals surface area contributed by atoms with Gasteiger partial charge in [-0.1, -0.05) is 63.9 Å². The Bertz CT molecular complexity index is 2790. The minimum Gasteiger partial charge on any atom is -0.391 e. The highest BCUT2D eigenvalue weighted by Gasteiger charge is 2.44. The monoisotopic (exact) mass is 947 g/mol. The van der Waals surface area contributed by atoms with Gasteiger partial charge in [-0.3, -0.25) is 19.2 Å². The SMILES string of the molecule is Cc1ncsc1-c1ccc(CNC(=O)[C@@H]2C[C@@H](O)CN2C(=O)C(NC(=O)COCCOCCn2ccc3c(Nc4nc(N[C@@H]5CCCC[C@@H]5N)cc5nc[nH]c(=O)c45)cccc32)C(C)(C)C)cc1. The number of hydrogen-bond donors (Lipinski definition) is 7. The first-order valence-corrected chi connectivity index (χ1v) is 24.1. The number of hydrogen-bond acceptors (Lipinski definition) is 14. The summed E-state index contributed by atoms with van der Waals surface area (Å²) in [5.41, 5.74) is 12.4. The predicted molar refractivity (Wildman–Crippen MR) is 263 cm³/mol. The number of aliphatic hydroxyl groups is 1. The van der Waals surface area contributed by atoms with Crippen molar-refractivity contribution in [1.82, 2.24) is 40.0 Å². The Balaban J connectivity index is 0.801. The molecule has 5 atom stereocenters. The third-order valence-corrected chi connectivity index (χ3v) is 13.6. The number of aromatic nitrogens is 5. The van der Waals surface area contributed by atoms with E-state index in [2.05, 4.69) is 40.8 Å². The molecule has 68 heavy (non-hydrogen) atoms. The van der Waals surface area contributed by atoms with Crippen molar-refractivity contribution in [2.24, 2.45) is 11.1 Å². The zero-order chi connectivity index (χ0) is 48.0. The summed E-state index contributed by atoms with van der Waals surface area (Å²) in [7, 11) is 0. The predicted octanol–water partition coefficient (Wildman–Crippen LogP) is 4.97. The van der Waals surface area contributed by atoms with Crippen LogP contribution in [0.3, 0.4) is 0 Å². The van der Waals surface area contributed by atoms with Crippen LogP contribution in [0, 0.1) is 12.3 Å². The molecule has 18 nitrogen and oxygen atoms in total. The van der Waals surface area contributed by atoms with Crippen molar-refractivity contribution >= 4 is 68.2 Å². The molecule has 8 N–H and O–H groups in total. The fraction of sp³-hybridized carbons (Fsp3) is 0.449. The number of ether oxygens (including phenoxy) is 2. The Morgan fingerprint density at radius 3 is 2.59 bits per heavy atom. The zero-order valence-corrected chi connectivity index (χ0v) is 39.7. The highest BCUT2D eigenvalue weighted by molar-refractivity contribution is 7.13. The van der Waals surface area contributed by atoms with E-state index < -0.39 is 35.4 Å². The summed E-state index contributed by atoms with van der Waals surface area (Å²) >= 11 is 1.57. The van der Waals surface area contributed by atoms with Gasteiger partial charge in [-0.05, 0) is 54.5 Å². The number of H-pyrrole nitrogens is 1. The van der Waals surface area contributed by atoms with Crippen molar-refractivity contribution in [2.45, 2.75) is 103 Å². The number of carbonyl (C=O) groups is 3. The molecule has 0 radical (unpaired) electrons. The van der Waals surface area contributed by atoms with Gasteiger partial charge in [0.25, 0.3) is 5.56 Å². The van der Waals surface area contributed by atoms with Crippen LogP contribution < -0.4 is 32.6 Å². The normalized spacial score (nSPS) is 19.0. The van der Waals surface area contributed by atoms with Gasteiger partial charge in [0.1, 0.15) is 35.7 Å². The number of β-amino-alcohol motifs (C(OH)–C–C–N with tert-alkyl or cyclic N) is 1. The maximum absolute atomic E-state index is 14.0. The number of aryl methyl sites for hydroxylation is 1. The number of thiazole rings is 1. The van der Waals surface area contributed by atoms with E-state index in [1.54, 1.807) is 17.4 Å². The Morgan fingerprint density at radius 1 is 1.03 bits per heavy atom. The van der Waals surface area contributed by atoms with Gasteiger partial charge in [-0.15, -0.1) is 11.3 Å². The number of benzene rings is 2. The number of amides is 3. The van der Waals surface area contributed by atoms with Crippen LogP contribution in [0.2, 0.25) is 0 Å². The van der Waals surface area contributed by atoms with Crippen molar-refractivity contribution in [3.63, 3.8) is 0 Å². The number of aromatic amines is 1. The molecule has 3 amide bonds. The van der Waals surface area contributed by atoms with Crippen LogP contribution in [-0.4, -0.2) is 115 Å². The summed E-state index contributed by atoms with van der Waals surface area (Å²) in [5, 5.41) is 24.5. The maximum Gasteiger partial charge on any atom is 0.262 e. The summed E-state index contributed by atoms with van der Waals surface area (Å²) in [4.78, 5) is 72.4. The molecule has 1 saturated heterocycles. The topological polar surface area (TPSA) is 244 Å². The zero-order valence-electron chi connectivity index (χ0n) is 38.9.